The van der Waals surface area contributed by atoms with E-state index in [1.807, 2.05) is 0 Å². The largest absolute Gasteiger partial charge is 0.642 e. The molecule has 0 aromatic heterocycles. The standard InChI is InChI=1S/C8H10O.2C4H9.Al/c1-6-3-4-8(9)7(2)5-6;2*1-4(2)3;/h3-5,9H,1-2H3;2*4H,1H2,2-3H3;/q;;;+1/p-1. The van der Waals surface area contributed by atoms with Crippen molar-refractivity contribution in [3.05, 3.63) is 29.3 Å². The highest BCUT2D eigenvalue weighted by atomic mass is 27.2. The third kappa shape index (κ3) is 5.46. The second-order valence-corrected chi connectivity index (χ2v) is 8.69. The average Bonchev–Trinajstić information content (AvgIpc) is 2.20. The van der Waals surface area contributed by atoms with Gasteiger partial charge in [0.05, 0.1) is 5.75 Å². The molecule has 2 heteroatoms. The van der Waals surface area contributed by atoms with Gasteiger partial charge in [-0.1, -0.05) is 67.8 Å². The molecule has 1 aromatic rings. The highest BCUT2D eigenvalue weighted by molar-refractivity contribution is 6.52. The fourth-order valence-corrected chi connectivity index (χ4v) is 5.47. The van der Waals surface area contributed by atoms with Gasteiger partial charge in [0.15, 0.2) is 0 Å². The molecule has 1 rings (SSSR count). The van der Waals surface area contributed by atoms with Crippen molar-refractivity contribution >= 4 is 14.5 Å². The molecule has 100 valence electrons. The molecule has 0 aliphatic rings. The van der Waals surface area contributed by atoms with Crippen LogP contribution >= 0.6 is 0 Å². The smallest absolute Gasteiger partial charge is 0.547 e. The third-order valence-electron chi connectivity index (χ3n) is 3.09. The van der Waals surface area contributed by atoms with Crippen LogP contribution in [-0.2, 0) is 0 Å². The van der Waals surface area contributed by atoms with E-state index in [4.69, 9.17) is 3.79 Å². The topological polar surface area (TPSA) is 9.23 Å². The second-order valence-electron chi connectivity index (χ2n) is 6.27. The Morgan fingerprint density at radius 3 is 2.00 bits per heavy atom. The molecule has 0 N–H and O–H groups in total. The summed E-state index contributed by atoms with van der Waals surface area (Å²) in [6.07, 6.45) is 0. The van der Waals surface area contributed by atoms with Crippen molar-refractivity contribution in [1.82, 2.24) is 0 Å². The molecule has 0 aliphatic heterocycles. The minimum absolute atomic E-state index is 0.742. The highest BCUT2D eigenvalue weighted by Gasteiger charge is 2.26. The lowest BCUT2D eigenvalue weighted by Crippen LogP contribution is -2.25. The fourth-order valence-electron chi connectivity index (χ4n) is 2.36. The van der Waals surface area contributed by atoms with Crippen LogP contribution in [0.2, 0.25) is 10.6 Å². The minimum Gasteiger partial charge on any atom is -0.642 e. The molecule has 0 spiro atoms. The Labute approximate surface area is 117 Å². The van der Waals surface area contributed by atoms with E-state index in [9.17, 15) is 0 Å². The van der Waals surface area contributed by atoms with Gasteiger partial charge in [0.1, 0.15) is 0 Å². The Hall–Kier alpha value is -0.448. The van der Waals surface area contributed by atoms with Gasteiger partial charge in [0.25, 0.3) is 0 Å². The molecule has 1 nitrogen and oxygen atoms in total. The normalized spacial score (nSPS) is 11.1. The van der Waals surface area contributed by atoms with Crippen LogP contribution in [0.4, 0.5) is 0 Å². The van der Waals surface area contributed by atoms with E-state index in [-0.39, 0.29) is 0 Å². The maximum Gasteiger partial charge on any atom is 0.547 e. The zero-order valence-electron chi connectivity index (χ0n) is 12.8. The molecule has 0 heterocycles. The molecule has 0 radical (unpaired) electrons. The second kappa shape index (κ2) is 7.22. The van der Waals surface area contributed by atoms with Crippen molar-refractivity contribution < 1.29 is 3.79 Å². The summed E-state index contributed by atoms with van der Waals surface area (Å²) in [6.45, 7) is 13.5. The van der Waals surface area contributed by atoms with Crippen LogP contribution < -0.4 is 3.79 Å². The average molecular weight is 262 g/mol. The predicted molar refractivity (Wildman–Crippen MR) is 81.6 cm³/mol. The fraction of sp³-hybridized carbons (Fsp3) is 0.625. The van der Waals surface area contributed by atoms with E-state index in [2.05, 4.69) is 59.7 Å². The van der Waals surface area contributed by atoms with Crippen molar-refractivity contribution in [3.8, 4) is 5.75 Å². The van der Waals surface area contributed by atoms with Gasteiger partial charge in [-0.05, 0) is 25.5 Å². The first-order valence-electron chi connectivity index (χ1n) is 7.12. The van der Waals surface area contributed by atoms with Crippen LogP contribution in [-0.4, -0.2) is 14.5 Å². The lowest BCUT2D eigenvalue weighted by atomic mass is 10.1. The number of aryl methyl sites for hydroxylation is 2. The lowest BCUT2D eigenvalue weighted by Gasteiger charge is -2.20. The molecule has 0 fully saturated rings. The summed E-state index contributed by atoms with van der Waals surface area (Å²) < 4.78 is 6.36. The van der Waals surface area contributed by atoms with E-state index >= 15 is 0 Å². The van der Waals surface area contributed by atoms with E-state index < -0.39 is 14.5 Å². The van der Waals surface area contributed by atoms with Gasteiger partial charge in [0.2, 0.25) is 0 Å². The first-order valence-corrected chi connectivity index (χ1v) is 9.22. The molecule has 0 saturated heterocycles. The van der Waals surface area contributed by atoms with Crippen molar-refractivity contribution in [1.29, 1.82) is 0 Å². The van der Waals surface area contributed by atoms with Gasteiger partial charge in [-0.15, -0.1) is 0 Å². The molecule has 1 aromatic carbocycles. The summed E-state index contributed by atoms with van der Waals surface area (Å²) in [5.41, 5.74) is 2.59. The summed E-state index contributed by atoms with van der Waals surface area (Å²) in [5, 5.41) is 2.54. The van der Waals surface area contributed by atoms with Crippen molar-refractivity contribution in [3.63, 3.8) is 0 Å². The third-order valence-corrected chi connectivity index (χ3v) is 6.62. The number of hydrogen-bond acceptors (Lipinski definition) is 1. The Bertz CT molecular complexity index is 361. The zero-order valence-corrected chi connectivity index (χ0v) is 13.9. The predicted octanol–water partition coefficient (Wildman–Crippen LogP) is 4.99. The zero-order chi connectivity index (χ0) is 13.7. The summed E-state index contributed by atoms with van der Waals surface area (Å²) >= 11 is -1.12. The maximum absolute atomic E-state index is 6.36. The molecule has 18 heavy (non-hydrogen) atoms. The molecule has 0 bridgehead atoms. The van der Waals surface area contributed by atoms with Crippen LogP contribution in [0, 0.1) is 25.7 Å². The van der Waals surface area contributed by atoms with Crippen molar-refractivity contribution in [2.75, 3.05) is 0 Å². The SMILES string of the molecule is Cc1ccc([O][Al]([CH2]C(C)C)[CH2]C(C)C)c(C)c1. The monoisotopic (exact) mass is 262 g/mol. The maximum atomic E-state index is 6.36. The molecule has 0 atom stereocenters. The highest BCUT2D eigenvalue weighted by Crippen LogP contribution is 2.23. The molecule has 0 saturated carbocycles. The molecule has 0 aliphatic carbocycles. The van der Waals surface area contributed by atoms with E-state index in [0.717, 1.165) is 17.6 Å². The molecular formula is C16H27AlO. The van der Waals surface area contributed by atoms with E-state index in [1.165, 1.54) is 21.7 Å². The Kier molecular flexibility index (Phi) is 6.26. The Morgan fingerprint density at radius 1 is 1.00 bits per heavy atom. The first kappa shape index (κ1) is 15.6. The number of rotatable bonds is 6. The molecular weight excluding hydrogens is 235 g/mol. The van der Waals surface area contributed by atoms with Gasteiger partial charge in [-0.2, -0.15) is 0 Å². The van der Waals surface area contributed by atoms with Crippen molar-refractivity contribution in [2.24, 2.45) is 11.8 Å². The lowest BCUT2D eigenvalue weighted by molar-refractivity contribution is 0.523. The Balaban J connectivity index is 2.75. The van der Waals surface area contributed by atoms with Crippen LogP contribution in [0.5, 0.6) is 5.75 Å². The first-order chi connectivity index (χ1) is 8.38. The van der Waals surface area contributed by atoms with Crippen molar-refractivity contribution in [2.45, 2.75) is 52.1 Å². The summed E-state index contributed by atoms with van der Waals surface area (Å²) in [5.74, 6) is 2.59. The summed E-state index contributed by atoms with van der Waals surface area (Å²) in [4.78, 5) is 0. The Morgan fingerprint density at radius 2 is 1.56 bits per heavy atom. The van der Waals surface area contributed by atoms with Gasteiger partial charge in [0, 0.05) is 0 Å². The van der Waals surface area contributed by atoms with Crippen LogP contribution in [0.25, 0.3) is 0 Å². The van der Waals surface area contributed by atoms with E-state index in [0.29, 0.717) is 0 Å². The minimum atomic E-state index is -1.12. The number of benzene rings is 1. The molecule has 0 unspecified atom stereocenters. The number of hydrogen-bond donors (Lipinski definition) is 0. The molecule has 0 amide bonds. The van der Waals surface area contributed by atoms with Gasteiger partial charge in [-0.3, -0.25) is 0 Å². The van der Waals surface area contributed by atoms with Crippen LogP contribution in [0.1, 0.15) is 38.8 Å². The van der Waals surface area contributed by atoms with Crippen LogP contribution in [0.15, 0.2) is 18.2 Å². The van der Waals surface area contributed by atoms with Gasteiger partial charge < -0.3 is 3.79 Å². The van der Waals surface area contributed by atoms with Gasteiger partial charge >= 0.3 is 14.5 Å². The van der Waals surface area contributed by atoms with E-state index in [1.54, 1.807) is 0 Å². The van der Waals surface area contributed by atoms with Crippen LogP contribution in [0.3, 0.4) is 0 Å². The summed E-state index contributed by atoms with van der Waals surface area (Å²) in [7, 11) is 0. The summed E-state index contributed by atoms with van der Waals surface area (Å²) in [6, 6.07) is 6.51. The van der Waals surface area contributed by atoms with Gasteiger partial charge in [-0.25, -0.2) is 0 Å². The quantitative estimate of drug-likeness (QED) is 0.656.